The van der Waals surface area contributed by atoms with Crippen LogP contribution in [-0.4, -0.2) is 29.3 Å². The number of nitrogens with zero attached hydrogens (tertiary/aromatic N) is 1. The Morgan fingerprint density at radius 1 is 1.33 bits per heavy atom. The van der Waals surface area contributed by atoms with Gasteiger partial charge in [0, 0.05) is 35.9 Å². The van der Waals surface area contributed by atoms with Crippen molar-refractivity contribution in [1.29, 1.82) is 0 Å². The number of hydrogen-bond donors (Lipinski definition) is 2. The largest absolute Gasteiger partial charge is 0.504 e. The van der Waals surface area contributed by atoms with Gasteiger partial charge in [-0.1, -0.05) is 24.4 Å². The predicted octanol–water partition coefficient (Wildman–Crippen LogP) is 3.68. The smallest absolute Gasteiger partial charge is 0.170 e. The number of benzene rings is 1. The molecule has 0 bridgehead atoms. The average Bonchev–Trinajstić information content (AvgIpc) is 2.42. The minimum absolute atomic E-state index is 0.0284. The molecule has 0 radical (unpaired) electrons. The third kappa shape index (κ3) is 2.84. The fourth-order valence-electron chi connectivity index (χ4n) is 3.74. The van der Waals surface area contributed by atoms with E-state index in [-0.39, 0.29) is 10.6 Å². The summed E-state index contributed by atoms with van der Waals surface area (Å²) in [6.07, 6.45) is 4.70. The fraction of sp³-hybridized carbons (Fsp3) is 0.625. The molecule has 1 heterocycles. The Bertz CT molecular complexity index is 526. The molecule has 1 saturated carbocycles. The molecule has 0 amide bonds. The molecule has 1 aromatic carbocycles. The number of nitrogens with one attached hydrogen (secondary N) is 1. The average molecular weight is 313 g/mol. The molecule has 0 aromatic heterocycles. The summed E-state index contributed by atoms with van der Waals surface area (Å²) in [7, 11) is 0. The number of rotatable bonds is 1. The Hall–Kier alpha value is -1.00. The summed E-state index contributed by atoms with van der Waals surface area (Å²) in [5.74, 6) is -1.11. The van der Waals surface area contributed by atoms with Crippen LogP contribution in [0.1, 0.15) is 39.5 Å². The number of phenols is 1. The van der Waals surface area contributed by atoms with E-state index in [1.807, 2.05) is 0 Å². The molecule has 0 spiro atoms. The lowest BCUT2D eigenvalue weighted by molar-refractivity contribution is 0.199. The monoisotopic (exact) mass is 312 g/mol. The lowest BCUT2D eigenvalue weighted by atomic mass is 9.83. The van der Waals surface area contributed by atoms with Crippen LogP contribution in [0.2, 0.25) is 5.02 Å². The van der Waals surface area contributed by atoms with E-state index in [0.717, 1.165) is 25.1 Å². The summed E-state index contributed by atoms with van der Waals surface area (Å²) >= 11 is 5.95. The second-order valence-corrected chi connectivity index (χ2v) is 7.28. The van der Waals surface area contributed by atoms with E-state index in [1.165, 1.54) is 18.9 Å². The van der Waals surface area contributed by atoms with Crippen LogP contribution in [0.5, 0.6) is 5.75 Å². The molecule has 3 nitrogen and oxygen atoms in total. The highest BCUT2D eigenvalue weighted by Crippen LogP contribution is 2.37. The minimum atomic E-state index is -0.652. The summed E-state index contributed by atoms with van der Waals surface area (Å²) in [5.41, 5.74) is 0.737. The summed E-state index contributed by atoms with van der Waals surface area (Å²) < 4.78 is 13.8. The molecular weight excluding hydrogens is 291 g/mol. The molecule has 1 aliphatic heterocycles. The third-order valence-corrected chi connectivity index (χ3v) is 4.89. The van der Waals surface area contributed by atoms with E-state index < -0.39 is 11.6 Å². The molecule has 2 aliphatic rings. The normalized spacial score (nSPS) is 28.3. The number of aromatic hydroxyl groups is 1. The Morgan fingerprint density at radius 2 is 2.05 bits per heavy atom. The first-order valence-electron chi connectivity index (χ1n) is 7.60. The number of hydrogen-bond acceptors (Lipinski definition) is 3. The van der Waals surface area contributed by atoms with Gasteiger partial charge in [-0.05, 0) is 32.8 Å². The summed E-state index contributed by atoms with van der Waals surface area (Å²) in [5, 5.41) is 13.3. The highest BCUT2D eigenvalue weighted by Gasteiger charge is 2.40. The van der Waals surface area contributed by atoms with Gasteiger partial charge in [-0.25, -0.2) is 4.39 Å². The summed E-state index contributed by atoms with van der Waals surface area (Å²) in [4.78, 5) is 2.26. The van der Waals surface area contributed by atoms with Crippen molar-refractivity contribution in [2.75, 3.05) is 11.4 Å². The number of piperazine rings is 1. The van der Waals surface area contributed by atoms with Gasteiger partial charge in [0.05, 0.1) is 5.02 Å². The van der Waals surface area contributed by atoms with Gasteiger partial charge >= 0.3 is 0 Å². The minimum Gasteiger partial charge on any atom is -0.504 e. The van der Waals surface area contributed by atoms with Crippen molar-refractivity contribution in [3.8, 4) is 5.75 Å². The van der Waals surface area contributed by atoms with E-state index in [2.05, 4.69) is 24.1 Å². The molecular formula is C16H22ClFN2O. The van der Waals surface area contributed by atoms with Gasteiger partial charge in [0.2, 0.25) is 0 Å². The lowest BCUT2D eigenvalue weighted by Crippen LogP contribution is -2.67. The molecule has 1 aromatic rings. The zero-order chi connectivity index (χ0) is 15.2. The van der Waals surface area contributed by atoms with Crippen molar-refractivity contribution in [2.24, 2.45) is 0 Å². The van der Waals surface area contributed by atoms with Crippen LogP contribution in [0.3, 0.4) is 0 Å². The zero-order valence-electron chi connectivity index (χ0n) is 12.5. The first-order valence-corrected chi connectivity index (χ1v) is 7.97. The summed E-state index contributed by atoms with van der Waals surface area (Å²) in [6.45, 7) is 5.14. The molecule has 2 atom stereocenters. The molecule has 5 heteroatoms. The third-order valence-electron chi connectivity index (χ3n) is 4.60. The van der Waals surface area contributed by atoms with Gasteiger partial charge in [0.25, 0.3) is 0 Å². The van der Waals surface area contributed by atoms with E-state index in [9.17, 15) is 9.50 Å². The fourth-order valence-corrected chi connectivity index (χ4v) is 3.95. The van der Waals surface area contributed by atoms with Crippen LogP contribution in [0, 0.1) is 5.82 Å². The maximum atomic E-state index is 13.8. The van der Waals surface area contributed by atoms with Gasteiger partial charge in [-0.15, -0.1) is 0 Å². The number of halogens is 2. The van der Waals surface area contributed by atoms with Gasteiger partial charge < -0.3 is 15.3 Å². The second kappa shape index (κ2) is 5.33. The van der Waals surface area contributed by atoms with Crippen molar-refractivity contribution >= 4 is 17.3 Å². The van der Waals surface area contributed by atoms with Crippen molar-refractivity contribution < 1.29 is 9.50 Å². The molecule has 1 saturated heterocycles. The molecule has 116 valence electrons. The first kappa shape index (κ1) is 14.9. The second-order valence-electron chi connectivity index (χ2n) is 6.87. The predicted molar refractivity (Wildman–Crippen MR) is 83.7 cm³/mol. The van der Waals surface area contributed by atoms with Crippen LogP contribution in [-0.2, 0) is 0 Å². The quantitative estimate of drug-likeness (QED) is 0.830. The topological polar surface area (TPSA) is 35.5 Å². The lowest BCUT2D eigenvalue weighted by Gasteiger charge is -2.52. The number of fused-ring (bicyclic) bond motifs is 1. The van der Waals surface area contributed by atoms with Gasteiger partial charge in [-0.2, -0.15) is 0 Å². The van der Waals surface area contributed by atoms with Gasteiger partial charge in [0.1, 0.15) is 0 Å². The van der Waals surface area contributed by atoms with E-state index in [1.54, 1.807) is 6.07 Å². The highest BCUT2D eigenvalue weighted by atomic mass is 35.5. The highest BCUT2D eigenvalue weighted by molar-refractivity contribution is 6.32. The van der Waals surface area contributed by atoms with Crippen molar-refractivity contribution in [3.63, 3.8) is 0 Å². The van der Waals surface area contributed by atoms with Crippen LogP contribution in [0.15, 0.2) is 12.1 Å². The summed E-state index contributed by atoms with van der Waals surface area (Å²) in [6, 6.07) is 3.87. The van der Waals surface area contributed by atoms with Gasteiger partial charge in [-0.3, -0.25) is 0 Å². The molecule has 21 heavy (non-hydrogen) atoms. The molecule has 3 rings (SSSR count). The maximum Gasteiger partial charge on any atom is 0.170 e. The van der Waals surface area contributed by atoms with E-state index >= 15 is 0 Å². The Morgan fingerprint density at radius 3 is 2.76 bits per heavy atom. The zero-order valence-corrected chi connectivity index (χ0v) is 13.3. The SMILES string of the molecule is CC1(C)CN(c2cc(F)c(O)c(Cl)c2)[C@H]2CCCC[C@@H]2N1. The first-order chi connectivity index (χ1) is 9.87. The van der Waals surface area contributed by atoms with Crippen molar-refractivity contribution in [3.05, 3.63) is 23.0 Å². The number of phenolic OH excluding ortho intramolecular Hbond substituents is 1. The van der Waals surface area contributed by atoms with Crippen molar-refractivity contribution in [1.82, 2.24) is 5.32 Å². The molecule has 1 aliphatic carbocycles. The van der Waals surface area contributed by atoms with Crippen LogP contribution < -0.4 is 10.2 Å². The standard InChI is InChI=1S/C16H22ClFN2O/c1-16(2)9-20(14-6-4-3-5-13(14)19-16)10-7-11(17)15(21)12(18)8-10/h7-8,13-14,19,21H,3-6,9H2,1-2H3/t13-,14-/m0/s1. The Labute approximate surface area is 130 Å². The Balaban J connectivity index is 1.98. The molecule has 2 fully saturated rings. The van der Waals surface area contributed by atoms with Crippen LogP contribution in [0.25, 0.3) is 0 Å². The van der Waals surface area contributed by atoms with E-state index in [4.69, 9.17) is 11.6 Å². The Kier molecular flexibility index (Phi) is 3.78. The van der Waals surface area contributed by atoms with Gasteiger partial charge in [0.15, 0.2) is 11.6 Å². The molecule has 2 N–H and O–H groups in total. The van der Waals surface area contributed by atoms with Crippen LogP contribution in [0.4, 0.5) is 10.1 Å². The van der Waals surface area contributed by atoms with Crippen molar-refractivity contribution in [2.45, 2.75) is 57.2 Å². The van der Waals surface area contributed by atoms with E-state index in [0.29, 0.717) is 12.1 Å². The molecule has 0 unspecified atom stereocenters. The van der Waals surface area contributed by atoms with Crippen LogP contribution >= 0.6 is 11.6 Å². The number of anilines is 1. The maximum absolute atomic E-state index is 13.8.